The quantitative estimate of drug-likeness (QED) is 0.159. The number of benzene rings is 8. The van der Waals surface area contributed by atoms with Gasteiger partial charge >= 0.3 is 0 Å². The van der Waals surface area contributed by atoms with E-state index in [1.54, 1.807) is 0 Å². The summed E-state index contributed by atoms with van der Waals surface area (Å²) in [5.74, 6) is 0.614. The van der Waals surface area contributed by atoms with Crippen LogP contribution in [0.5, 0.6) is 0 Å². The minimum atomic E-state index is 0.614. The fourth-order valence-electron chi connectivity index (χ4n) is 7.51. The topological polar surface area (TPSA) is 37.4 Å². The maximum atomic E-state index is 6.38. The van der Waals surface area contributed by atoms with Crippen LogP contribution in [-0.4, -0.2) is 9.55 Å². The monoisotopic (exact) mass is 694 g/mol. The first-order chi connectivity index (χ1) is 26.8. The first kappa shape index (κ1) is 31.4. The molecule has 54 heavy (non-hydrogen) atoms. The molecule has 0 fully saturated rings. The highest BCUT2D eigenvalue weighted by molar-refractivity contribution is 6.12. The lowest BCUT2D eigenvalue weighted by Crippen LogP contribution is -2.09. The number of oxazole rings is 1. The largest absolute Gasteiger partial charge is 0.436 e. The molecule has 0 aliphatic rings. The average Bonchev–Trinajstić information content (AvgIpc) is 3.82. The van der Waals surface area contributed by atoms with Gasteiger partial charge < -0.3 is 18.8 Å². The zero-order valence-corrected chi connectivity index (χ0v) is 29.3. The molecular formula is C49H34N4O. The molecule has 0 spiro atoms. The summed E-state index contributed by atoms with van der Waals surface area (Å²) in [5, 5.41) is 2.29. The van der Waals surface area contributed by atoms with Crippen LogP contribution in [0.2, 0.25) is 0 Å². The van der Waals surface area contributed by atoms with Crippen molar-refractivity contribution in [2.75, 3.05) is 9.80 Å². The average molecular weight is 695 g/mol. The normalized spacial score (nSPS) is 11.3. The first-order valence-electron chi connectivity index (χ1n) is 18.1. The summed E-state index contributed by atoms with van der Waals surface area (Å²) in [6.07, 6.45) is 0. The highest BCUT2D eigenvalue weighted by Crippen LogP contribution is 2.43. The van der Waals surface area contributed by atoms with Crippen LogP contribution >= 0.6 is 0 Å². The van der Waals surface area contributed by atoms with Crippen LogP contribution in [0.25, 0.3) is 50.0 Å². The Kier molecular flexibility index (Phi) is 7.73. The van der Waals surface area contributed by atoms with Gasteiger partial charge in [0.2, 0.25) is 5.89 Å². The van der Waals surface area contributed by atoms with E-state index in [-0.39, 0.29) is 0 Å². The Balaban J connectivity index is 1.21. The maximum Gasteiger partial charge on any atom is 0.227 e. The van der Waals surface area contributed by atoms with Crippen LogP contribution in [0.4, 0.5) is 34.1 Å². The zero-order chi connectivity index (χ0) is 35.8. The summed E-state index contributed by atoms with van der Waals surface area (Å²) in [5.41, 5.74) is 12.2. The number of hydrogen-bond acceptors (Lipinski definition) is 4. The predicted octanol–water partition coefficient (Wildman–Crippen LogP) is 13.5. The Hall–Kier alpha value is -7.37. The Morgan fingerprint density at radius 3 is 1.26 bits per heavy atom. The summed E-state index contributed by atoms with van der Waals surface area (Å²) in [6.45, 7) is 0. The molecule has 2 heterocycles. The van der Waals surface area contributed by atoms with E-state index in [0.717, 1.165) is 78.3 Å². The van der Waals surface area contributed by atoms with Gasteiger partial charge in [0.1, 0.15) is 5.52 Å². The molecule has 2 aromatic heterocycles. The van der Waals surface area contributed by atoms with Crippen molar-refractivity contribution in [3.8, 4) is 17.1 Å². The molecule has 8 aromatic carbocycles. The van der Waals surface area contributed by atoms with Gasteiger partial charge in [-0.15, -0.1) is 0 Å². The van der Waals surface area contributed by atoms with Gasteiger partial charge in [-0.25, -0.2) is 4.98 Å². The smallest absolute Gasteiger partial charge is 0.227 e. The molecular weight excluding hydrogens is 661 g/mol. The Morgan fingerprint density at radius 1 is 0.389 bits per heavy atom. The minimum absolute atomic E-state index is 0.614. The van der Waals surface area contributed by atoms with E-state index in [1.165, 1.54) is 0 Å². The number of nitrogens with zero attached hydrogens (tertiary/aromatic N) is 4. The van der Waals surface area contributed by atoms with Crippen LogP contribution in [-0.2, 0) is 0 Å². The first-order valence-corrected chi connectivity index (χ1v) is 18.1. The lowest BCUT2D eigenvalue weighted by molar-refractivity contribution is 0.619. The second-order valence-electron chi connectivity index (χ2n) is 13.3. The zero-order valence-electron chi connectivity index (χ0n) is 29.3. The highest BCUT2D eigenvalue weighted by Gasteiger charge is 2.20. The molecule has 0 radical (unpaired) electrons. The van der Waals surface area contributed by atoms with Crippen molar-refractivity contribution in [3.05, 3.63) is 206 Å². The summed E-state index contributed by atoms with van der Waals surface area (Å²) < 4.78 is 8.72. The predicted molar refractivity (Wildman–Crippen MR) is 223 cm³/mol. The molecule has 5 nitrogen and oxygen atoms in total. The number of para-hydroxylation sites is 4. The van der Waals surface area contributed by atoms with Gasteiger partial charge in [-0.3, -0.25) is 0 Å². The molecule has 0 saturated heterocycles. The number of hydrogen-bond donors (Lipinski definition) is 0. The summed E-state index contributed by atoms with van der Waals surface area (Å²) >= 11 is 0. The SMILES string of the molecule is c1ccc(-c2nc3ccc(-n4c5ccc(N(c6ccccc6)c6ccccc6)cc5c5cc(N(c6ccccc6)c6ccccc6)ccc54)cc3o2)cc1. The van der Waals surface area contributed by atoms with Crippen molar-refractivity contribution < 1.29 is 4.42 Å². The van der Waals surface area contributed by atoms with E-state index >= 15 is 0 Å². The van der Waals surface area contributed by atoms with Gasteiger partial charge in [-0.2, -0.15) is 0 Å². The number of rotatable bonds is 8. The van der Waals surface area contributed by atoms with Crippen molar-refractivity contribution in [2.45, 2.75) is 0 Å². The number of fused-ring (bicyclic) bond motifs is 4. The molecule has 5 heteroatoms. The molecule has 0 bridgehead atoms. The van der Waals surface area contributed by atoms with Gasteiger partial charge in [0, 0.05) is 56.5 Å². The van der Waals surface area contributed by atoms with Crippen LogP contribution in [0, 0.1) is 0 Å². The van der Waals surface area contributed by atoms with Crippen molar-refractivity contribution in [2.24, 2.45) is 0 Å². The van der Waals surface area contributed by atoms with Crippen molar-refractivity contribution in [1.29, 1.82) is 0 Å². The third kappa shape index (κ3) is 5.56. The summed E-state index contributed by atoms with van der Waals surface area (Å²) in [6, 6.07) is 72.2. The Bertz CT molecular complexity index is 2650. The molecule has 10 rings (SSSR count). The summed E-state index contributed by atoms with van der Waals surface area (Å²) in [4.78, 5) is 9.46. The van der Waals surface area contributed by atoms with Gasteiger partial charge in [0.25, 0.3) is 0 Å². The lowest BCUT2D eigenvalue weighted by atomic mass is 10.1. The number of aromatic nitrogens is 2. The van der Waals surface area contributed by atoms with Gasteiger partial charge in [0.15, 0.2) is 5.58 Å². The van der Waals surface area contributed by atoms with Gasteiger partial charge in [-0.05, 0) is 109 Å². The van der Waals surface area contributed by atoms with E-state index in [4.69, 9.17) is 9.40 Å². The highest BCUT2D eigenvalue weighted by atomic mass is 16.3. The van der Waals surface area contributed by atoms with Gasteiger partial charge in [-0.1, -0.05) is 91.0 Å². The van der Waals surface area contributed by atoms with Crippen LogP contribution < -0.4 is 9.80 Å². The van der Waals surface area contributed by atoms with Gasteiger partial charge in [0.05, 0.1) is 16.7 Å². The van der Waals surface area contributed by atoms with E-state index < -0.39 is 0 Å². The molecule has 10 aromatic rings. The Labute approximate surface area is 313 Å². The summed E-state index contributed by atoms with van der Waals surface area (Å²) in [7, 11) is 0. The molecule has 0 aliphatic carbocycles. The van der Waals surface area contributed by atoms with E-state index in [1.807, 2.05) is 30.3 Å². The van der Waals surface area contributed by atoms with Crippen molar-refractivity contribution in [1.82, 2.24) is 9.55 Å². The minimum Gasteiger partial charge on any atom is -0.436 e. The molecule has 256 valence electrons. The third-order valence-electron chi connectivity index (χ3n) is 9.96. The van der Waals surface area contributed by atoms with Crippen LogP contribution in [0.1, 0.15) is 0 Å². The Morgan fingerprint density at radius 2 is 0.815 bits per heavy atom. The molecule has 0 N–H and O–H groups in total. The van der Waals surface area contributed by atoms with Crippen molar-refractivity contribution in [3.63, 3.8) is 0 Å². The standard InChI is InChI=1S/C49H34N4O/c1-6-16-35(17-7-1)49-50-45-29-26-42(34-48(45)54-49)53-46-30-27-40(51(36-18-8-2-9-19-36)37-20-10-3-11-21-37)32-43(46)44-33-41(28-31-47(44)53)52(38-22-12-4-13-23-38)39-24-14-5-15-25-39/h1-34H. The van der Waals surface area contributed by atoms with Crippen LogP contribution in [0.3, 0.4) is 0 Å². The second kappa shape index (κ2) is 13.3. The molecule has 0 saturated carbocycles. The lowest BCUT2D eigenvalue weighted by Gasteiger charge is -2.26. The van der Waals surface area contributed by atoms with E-state index in [9.17, 15) is 0 Å². The molecule has 0 atom stereocenters. The second-order valence-corrected chi connectivity index (χ2v) is 13.3. The third-order valence-corrected chi connectivity index (χ3v) is 9.96. The fraction of sp³-hybridized carbons (Fsp3) is 0. The number of anilines is 6. The molecule has 0 aliphatic heterocycles. The molecule has 0 unspecified atom stereocenters. The fourth-order valence-corrected chi connectivity index (χ4v) is 7.51. The molecule has 0 amide bonds. The van der Waals surface area contributed by atoms with Crippen LogP contribution in [0.15, 0.2) is 211 Å². The van der Waals surface area contributed by atoms with Crippen molar-refractivity contribution >= 4 is 67.0 Å². The van der Waals surface area contributed by atoms with E-state index in [0.29, 0.717) is 5.89 Å². The maximum absolute atomic E-state index is 6.38. The van der Waals surface area contributed by atoms with E-state index in [2.05, 4.69) is 190 Å².